The summed E-state index contributed by atoms with van der Waals surface area (Å²) in [6.07, 6.45) is 0.221. The van der Waals surface area contributed by atoms with Crippen LogP contribution in [0.3, 0.4) is 0 Å². The third-order valence-corrected chi connectivity index (χ3v) is 1.77. The van der Waals surface area contributed by atoms with E-state index in [0.29, 0.717) is 24.5 Å². The molecule has 0 radical (unpaired) electrons. The van der Waals surface area contributed by atoms with Gasteiger partial charge in [0.2, 0.25) is 0 Å². The highest BCUT2D eigenvalue weighted by Gasteiger charge is 1.97. The van der Waals surface area contributed by atoms with Gasteiger partial charge in [-0.05, 0) is 32.0 Å². The Kier molecular flexibility index (Phi) is 4.65. The molecule has 0 amide bonds. The first-order chi connectivity index (χ1) is 7.22. The van der Waals surface area contributed by atoms with E-state index in [2.05, 4.69) is 6.07 Å². The van der Waals surface area contributed by atoms with Crippen LogP contribution in [0.2, 0.25) is 0 Å². The van der Waals surface area contributed by atoms with Gasteiger partial charge < -0.3 is 9.47 Å². The summed E-state index contributed by atoms with van der Waals surface area (Å²) in [6.45, 7) is 5.04. The Labute approximate surface area is 90.2 Å². The molecule has 0 atom stereocenters. The van der Waals surface area contributed by atoms with E-state index in [4.69, 9.17) is 14.7 Å². The Morgan fingerprint density at radius 1 is 1.33 bits per heavy atom. The summed E-state index contributed by atoms with van der Waals surface area (Å²) in [5.41, 5.74) is 0.609. The second-order valence-corrected chi connectivity index (χ2v) is 3.41. The van der Waals surface area contributed by atoms with Crippen molar-refractivity contribution in [3.8, 4) is 11.8 Å². The number of benzene rings is 1. The first-order valence-corrected chi connectivity index (χ1v) is 4.97. The lowest BCUT2D eigenvalue weighted by molar-refractivity contribution is 0.0552. The second kappa shape index (κ2) is 6.05. The lowest BCUT2D eigenvalue weighted by atomic mass is 10.2. The summed E-state index contributed by atoms with van der Waals surface area (Å²) in [5, 5.41) is 8.68. The maximum atomic E-state index is 8.68. The molecule has 0 N–H and O–H groups in total. The molecule has 80 valence electrons. The molecule has 1 aromatic carbocycles. The number of ether oxygens (including phenoxy) is 2. The fourth-order valence-electron chi connectivity index (χ4n) is 1.10. The Morgan fingerprint density at radius 2 is 2.13 bits per heavy atom. The molecular weight excluding hydrogens is 190 g/mol. The minimum absolute atomic E-state index is 0.221. The van der Waals surface area contributed by atoms with Crippen molar-refractivity contribution >= 4 is 0 Å². The molecule has 0 fully saturated rings. The van der Waals surface area contributed by atoms with Crippen LogP contribution in [0.1, 0.15) is 19.4 Å². The van der Waals surface area contributed by atoms with Crippen molar-refractivity contribution in [3.63, 3.8) is 0 Å². The summed E-state index contributed by atoms with van der Waals surface area (Å²) >= 11 is 0. The molecule has 3 heteroatoms. The van der Waals surface area contributed by atoms with Gasteiger partial charge in [-0.25, -0.2) is 0 Å². The van der Waals surface area contributed by atoms with E-state index in [1.165, 1.54) is 0 Å². The smallest absolute Gasteiger partial charge is 0.120 e. The maximum absolute atomic E-state index is 8.68. The van der Waals surface area contributed by atoms with Crippen molar-refractivity contribution < 1.29 is 9.47 Å². The molecule has 0 bridgehead atoms. The van der Waals surface area contributed by atoms with Crippen LogP contribution in [0.4, 0.5) is 0 Å². The first kappa shape index (κ1) is 11.5. The summed E-state index contributed by atoms with van der Waals surface area (Å²) in [7, 11) is 0. The fourth-order valence-corrected chi connectivity index (χ4v) is 1.10. The largest absolute Gasteiger partial charge is 0.491 e. The van der Waals surface area contributed by atoms with Crippen LogP contribution >= 0.6 is 0 Å². The summed E-state index contributed by atoms with van der Waals surface area (Å²) < 4.78 is 10.8. The van der Waals surface area contributed by atoms with Crippen LogP contribution in [0.5, 0.6) is 5.75 Å². The third-order valence-electron chi connectivity index (χ3n) is 1.77. The monoisotopic (exact) mass is 205 g/mol. The van der Waals surface area contributed by atoms with Gasteiger partial charge in [0.1, 0.15) is 12.4 Å². The van der Waals surface area contributed by atoms with Crippen molar-refractivity contribution in [2.45, 2.75) is 20.0 Å². The molecule has 3 nitrogen and oxygen atoms in total. The van der Waals surface area contributed by atoms with E-state index < -0.39 is 0 Å². The Morgan fingerprint density at radius 3 is 2.80 bits per heavy atom. The van der Waals surface area contributed by atoms with Crippen LogP contribution in [-0.4, -0.2) is 19.3 Å². The van der Waals surface area contributed by atoms with E-state index in [0.717, 1.165) is 0 Å². The number of nitrogens with zero attached hydrogens (tertiary/aromatic N) is 1. The standard InChI is InChI=1S/C12H15NO2/c1-10(2)14-6-7-15-12-5-3-4-11(8-12)9-13/h3-5,8,10H,6-7H2,1-2H3. The van der Waals surface area contributed by atoms with Crippen LogP contribution in [0, 0.1) is 11.3 Å². The quantitative estimate of drug-likeness (QED) is 0.693. The lowest BCUT2D eigenvalue weighted by Crippen LogP contribution is -2.11. The van der Waals surface area contributed by atoms with Gasteiger partial charge in [-0.3, -0.25) is 0 Å². The normalized spacial score (nSPS) is 10.0. The molecule has 0 aliphatic rings. The van der Waals surface area contributed by atoms with Crippen LogP contribution in [-0.2, 0) is 4.74 Å². The van der Waals surface area contributed by atoms with E-state index in [1.54, 1.807) is 18.2 Å². The van der Waals surface area contributed by atoms with E-state index in [9.17, 15) is 0 Å². The first-order valence-electron chi connectivity index (χ1n) is 4.97. The summed E-state index contributed by atoms with van der Waals surface area (Å²) in [5.74, 6) is 0.710. The highest BCUT2D eigenvalue weighted by molar-refractivity contribution is 5.36. The fraction of sp³-hybridized carbons (Fsp3) is 0.417. The molecule has 0 saturated carbocycles. The highest BCUT2D eigenvalue weighted by atomic mass is 16.5. The lowest BCUT2D eigenvalue weighted by Gasteiger charge is -2.09. The third kappa shape index (κ3) is 4.48. The predicted octanol–water partition coefficient (Wildman–Crippen LogP) is 2.36. The second-order valence-electron chi connectivity index (χ2n) is 3.41. The summed E-state index contributed by atoms with van der Waals surface area (Å²) in [4.78, 5) is 0. The van der Waals surface area contributed by atoms with Gasteiger partial charge in [0, 0.05) is 0 Å². The molecule has 0 saturated heterocycles. The van der Waals surface area contributed by atoms with E-state index in [1.807, 2.05) is 19.9 Å². The topological polar surface area (TPSA) is 42.2 Å². The van der Waals surface area contributed by atoms with Crippen molar-refractivity contribution in [3.05, 3.63) is 29.8 Å². The van der Waals surface area contributed by atoms with Crippen molar-refractivity contribution in [1.82, 2.24) is 0 Å². The average molecular weight is 205 g/mol. The summed E-state index contributed by atoms with van der Waals surface area (Å²) in [6, 6.07) is 9.16. The van der Waals surface area contributed by atoms with Crippen molar-refractivity contribution in [2.75, 3.05) is 13.2 Å². The predicted molar refractivity (Wildman–Crippen MR) is 57.7 cm³/mol. The average Bonchev–Trinajstić information content (AvgIpc) is 2.24. The molecule has 0 heterocycles. The van der Waals surface area contributed by atoms with Gasteiger partial charge in [0.15, 0.2) is 0 Å². The van der Waals surface area contributed by atoms with Gasteiger partial charge in [-0.15, -0.1) is 0 Å². The van der Waals surface area contributed by atoms with Crippen LogP contribution < -0.4 is 4.74 Å². The molecule has 0 unspecified atom stereocenters. The Balaban J connectivity index is 2.35. The number of rotatable bonds is 5. The molecule has 0 aliphatic heterocycles. The van der Waals surface area contributed by atoms with Gasteiger partial charge >= 0.3 is 0 Å². The minimum Gasteiger partial charge on any atom is -0.491 e. The molecule has 15 heavy (non-hydrogen) atoms. The van der Waals surface area contributed by atoms with Crippen LogP contribution in [0.15, 0.2) is 24.3 Å². The highest BCUT2D eigenvalue weighted by Crippen LogP contribution is 2.12. The molecule has 1 rings (SSSR count). The van der Waals surface area contributed by atoms with Gasteiger partial charge in [0.05, 0.1) is 24.3 Å². The van der Waals surface area contributed by atoms with Gasteiger partial charge in [-0.2, -0.15) is 5.26 Å². The van der Waals surface area contributed by atoms with Gasteiger partial charge in [0.25, 0.3) is 0 Å². The SMILES string of the molecule is CC(C)OCCOc1cccc(C#N)c1. The molecular formula is C12H15NO2. The number of hydrogen-bond acceptors (Lipinski definition) is 3. The van der Waals surface area contributed by atoms with E-state index in [-0.39, 0.29) is 6.10 Å². The zero-order valence-electron chi connectivity index (χ0n) is 9.06. The van der Waals surface area contributed by atoms with Crippen molar-refractivity contribution in [2.24, 2.45) is 0 Å². The van der Waals surface area contributed by atoms with Crippen LogP contribution in [0.25, 0.3) is 0 Å². The zero-order chi connectivity index (χ0) is 11.1. The molecule has 1 aromatic rings. The van der Waals surface area contributed by atoms with Gasteiger partial charge in [-0.1, -0.05) is 6.07 Å². The Hall–Kier alpha value is -1.53. The molecule has 0 aromatic heterocycles. The number of nitriles is 1. The maximum Gasteiger partial charge on any atom is 0.120 e. The number of hydrogen-bond donors (Lipinski definition) is 0. The van der Waals surface area contributed by atoms with E-state index >= 15 is 0 Å². The van der Waals surface area contributed by atoms with Crippen molar-refractivity contribution in [1.29, 1.82) is 5.26 Å². The Bertz CT molecular complexity index is 342. The zero-order valence-corrected chi connectivity index (χ0v) is 9.06. The minimum atomic E-state index is 0.221. The molecule has 0 aliphatic carbocycles. The molecule has 0 spiro atoms.